The average molecular weight is 644 g/mol. The molecule has 1 aliphatic heterocycles. The molecule has 0 fully saturated rings. The van der Waals surface area contributed by atoms with E-state index in [1.165, 1.54) is 7.11 Å². The quantitative estimate of drug-likeness (QED) is 0.114. The van der Waals surface area contributed by atoms with Gasteiger partial charge >= 0.3 is 12.0 Å². The monoisotopic (exact) mass is 643 g/mol. The molecule has 0 saturated heterocycles. The Morgan fingerprint density at radius 1 is 1.07 bits per heavy atom. The van der Waals surface area contributed by atoms with Crippen molar-refractivity contribution >= 4 is 46.6 Å². The number of carbonyl (C=O) groups excluding carboxylic acids is 3. The Hall–Kier alpha value is -5.29. The number of nitrogens with zero attached hydrogens (tertiary/aromatic N) is 2. The van der Waals surface area contributed by atoms with E-state index in [0.717, 1.165) is 27.7 Å². The van der Waals surface area contributed by atoms with Crippen LogP contribution >= 0.6 is 11.6 Å². The van der Waals surface area contributed by atoms with E-state index in [-0.39, 0.29) is 18.8 Å². The Bertz CT molecular complexity index is 1850. The van der Waals surface area contributed by atoms with E-state index in [4.69, 9.17) is 25.8 Å². The lowest BCUT2D eigenvalue weighted by atomic mass is 9.95. The number of methoxy groups -OCH3 is 1. The Morgan fingerprint density at radius 3 is 2.57 bits per heavy atom. The molecule has 1 atom stereocenters. The lowest BCUT2D eigenvalue weighted by Crippen LogP contribution is -2.45. The molecule has 11 nitrogen and oxygen atoms in total. The van der Waals surface area contributed by atoms with E-state index in [1.54, 1.807) is 38.3 Å². The number of urea groups is 1. The van der Waals surface area contributed by atoms with Gasteiger partial charge in [0.05, 0.1) is 31.5 Å². The highest BCUT2D eigenvalue weighted by molar-refractivity contribution is 6.30. The van der Waals surface area contributed by atoms with Crippen molar-refractivity contribution in [3.05, 3.63) is 105 Å². The van der Waals surface area contributed by atoms with E-state index >= 15 is 0 Å². The van der Waals surface area contributed by atoms with Crippen molar-refractivity contribution in [1.29, 1.82) is 0 Å². The molecule has 5 rings (SSSR count). The topological polar surface area (TPSA) is 132 Å². The number of amides is 3. The molecular formula is C34H34ClN5O6. The summed E-state index contributed by atoms with van der Waals surface area (Å²) in [6.45, 7) is 5.86. The van der Waals surface area contributed by atoms with E-state index < -0.39 is 23.9 Å². The highest BCUT2D eigenvalue weighted by Crippen LogP contribution is 2.34. The SMILES string of the molecule is CCOC(=O)C1=C(C)NC(=O)N[C@@H]1c1ccc(OCC(=O)N/N=C\c2c(C)n(Cc3ccc(Cl)cc3)c3ccccc23)c(OC)c1. The number of para-hydroxylation sites is 1. The standard InChI is InChI=1S/C34H34ClN5O6/c1-5-45-33(42)31-20(2)37-34(43)38-32(31)23-12-15-28(29(16-23)44-4)46-19-30(41)39-36-17-26-21(3)40(27-9-7-6-8-25(26)27)18-22-10-13-24(35)14-11-22/h6-17,32H,5,18-19H2,1-4H3,(H,39,41)(H2,37,38,43)/b36-17-/t32-/m1/s1. The van der Waals surface area contributed by atoms with Gasteiger partial charge in [-0.2, -0.15) is 5.10 Å². The molecule has 4 aromatic rings. The van der Waals surface area contributed by atoms with E-state index in [1.807, 2.05) is 49.4 Å². The number of fused-ring (bicyclic) bond motifs is 1. The molecule has 0 radical (unpaired) electrons. The van der Waals surface area contributed by atoms with Crippen molar-refractivity contribution in [3.63, 3.8) is 0 Å². The second kappa shape index (κ2) is 14.2. The van der Waals surface area contributed by atoms with Crippen LogP contribution in [0.1, 0.15) is 42.3 Å². The largest absolute Gasteiger partial charge is 0.493 e. The van der Waals surface area contributed by atoms with Crippen molar-refractivity contribution in [2.45, 2.75) is 33.4 Å². The summed E-state index contributed by atoms with van der Waals surface area (Å²) in [7, 11) is 1.45. The summed E-state index contributed by atoms with van der Waals surface area (Å²) in [5, 5.41) is 11.3. The maximum atomic E-state index is 12.7. The smallest absolute Gasteiger partial charge is 0.338 e. The summed E-state index contributed by atoms with van der Waals surface area (Å²) < 4.78 is 18.6. The van der Waals surface area contributed by atoms with E-state index in [9.17, 15) is 14.4 Å². The molecule has 238 valence electrons. The fourth-order valence-corrected chi connectivity index (χ4v) is 5.47. The van der Waals surface area contributed by atoms with Gasteiger partial charge in [0.2, 0.25) is 0 Å². The molecule has 12 heteroatoms. The number of allylic oxidation sites excluding steroid dienone is 1. The van der Waals surface area contributed by atoms with Crippen LogP contribution in [0.5, 0.6) is 11.5 Å². The first-order chi connectivity index (χ1) is 22.2. The lowest BCUT2D eigenvalue weighted by molar-refractivity contribution is -0.139. The van der Waals surface area contributed by atoms with Crippen molar-refractivity contribution in [1.82, 2.24) is 20.6 Å². The number of esters is 1. The molecule has 3 amide bonds. The maximum Gasteiger partial charge on any atom is 0.338 e. The summed E-state index contributed by atoms with van der Waals surface area (Å²) in [4.78, 5) is 37.5. The Morgan fingerprint density at radius 2 is 1.83 bits per heavy atom. The minimum absolute atomic E-state index is 0.186. The summed E-state index contributed by atoms with van der Waals surface area (Å²) in [5.41, 5.74) is 7.81. The minimum Gasteiger partial charge on any atom is -0.493 e. The molecule has 0 spiro atoms. The molecular weight excluding hydrogens is 610 g/mol. The van der Waals surface area contributed by atoms with Crippen LogP contribution in [0.3, 0.4) is 0 Å². The zero-order valence-corrected chi connectivity index (χ0v) is 26.6. The van der Waals surface area contributed by atoms with Crippen LogP contribution in [0.15, 0.2) is 83.1 Å². The number of rotatable bonds is 11. The van der Waals surface area contributed by atoms with Crippen molar-refractivity contribution in [2.75, 3.05) is 20.3 Å². The van der Waals surface area contributed by atoms with E-state index in [2.05, 4.69) is 31.8 Å². The van der Waals surface area contributed by atoms with Gasteiger partial charge < -0.3 is 29.4 Å². The molecule has 1 aliphatic rings. The summed E-state index contributed by atoms with van der Waals surface area (Å²) in [6.07, 6.45) is 1.63. The van der Waals surface area contributed by atoms with Gasteiger partial charge in [0, 0.05) is 39.4 Å². The second-order valence-electron chi connectivity index (χ2n) is 10.5. The fraction of sp³-hybridized carbons (Fsp3) is 0.235. The van der Waals surface area contributed by atoms with Gasteiger partial charge in [-0.1, -0.05) is 48.0 Å². The average Bonchev–Trinajstić information content (AvgIpc) is 3.30. The van der Waals surface area contributed by atoms with Crippen LogP contribution < -0.4 is 25.5 Å². The number of aromatic nitrogens is 1. The Kier molecular flexibility index (Phi) is 9.92. The molecule has 3 N–H and O–H groups in total. The molecule has 0 unspecified atom stereocenters. The van der Waals surface area contributed by atoms with Crippen molar-refractivity contribution < 1.29 is 28.6 Å². The highest BCUT2D eigenvalue weighted by Gasteiger charge is 2.32. The maximum absolute atomic E-state index is 12.7. The van der Waals surface area contributed by atoms with Crippen LogP contribution in [0, 0.1) is 6.92 Å². The van der Waals surface area contributed by atoms with Gasteiger partial charge in [-0.05, 0) is 62.2 Å². The van der Waals surface area contributed by atoms with Gasteiger partial charge in [0.15, 0.2) is 18.1 Å². The number of hydrogen-bond donors (Lipinski definition) is 3. The lowest BCUT2D eigenvalue weighted by Gasteiger charge is -2.28. The van der Waals surface area contributed by atoms with Crippen molar-refractivity contribution in [2.24, 2.45) is 5.10 Å². The Labute approximate surface area is 271 Å². The van der Waals surface area contributed by atoms with Crippen LogP contribution in [0.25, 0.3) is 10.9 Å². The molecule has 0 saturated carbocycles. The number of nitrogens with one attached hydrogen (secondary N) is 3. The van der Waals surface area contributed by atoms with Crippen LogP contribution in [0.4, 0.5) is 4.79 Å². The van der Waals surface area contributed by atoms with Gasteiger partial charge in [0.1, 0.15) is 0 Å². The number of benzene rings is 3. The zero-order chi connectivity index (χ0) is 32.8. The summed E-state index contributed by atoms with van der Waals surface area (Å²) >= 11 is 6.06. The van der Waals surface area contributed by atoms with Crippen LogP contribution in [0.2, 0.25) is 5.02 Å². The van der Waals surface area contributed by atoms with Gasteiger partial charge in [-0.25, -0.2) is 15.0 Å². The summed E-state index contributed by atoms with van der Waals surface area (Å²) in [5.74, 6) is -0.411. The molecule has 0 bridgehead atoms. The first-order valence-corrected chi connectivity index (χ1v) is 15.0. The number of hydrazone groups is 1. The molecule has 46 heavy (non-hydrogen) atoms. The minimum atomic E-state index is -0.769. The third kappa shape index (κ3) is 7.00. The van der Waals surface area contributed by atoms with Crippen molar-refractivity contribution in [3.8, 4) is 11.5 Å². The predicted octanol–water partition coefficient (Wildman–Crippen LogP) is 5.38. The fourth-order valence-electron chi connectivity index (χ4n) is 5.35. The van der Waals surface area contributed by atoms with Gasteiger partial charge in [-0.3, -0.25) is 4.79 Å². The molecule has 0 aliphatic carbocycles. The zero-order valence-electron chi connectivity index (χ0n) is 25.8. The third-order valence-electron chi connectivity index (χ3n) is 7.56. The summed E-state index contributed by atoms with van der Waals surface area (Å²) in [6, 6.07) is 19.5. The number of hydrogen-bond acceptors (Lipinski definition) is 7. The number of ether oxygens (including phenoxy) is 3. The Balaban J connectivity index is 1.27. The number of carbonyl (C=O) groups is 3. The first kappa shape index (κ1) is 32.1. The first-order valence-electron chi connectivity index (χ1n) is 14.6. The predicted molar refractivity (Wildman–Crippen MR) is 175 cm³/mol. The van der Waals surface area contributed by atoms with Gasteiger partial charge in [-0.15, -0.1) is 0 Å². The highest BCUT2D eigenvalue weighted by atomic mass is 35.5. The normalized spacial score (nSPS) is 14.6. The second-order valence-corrected chi connectivity index (χ2v) is 10.9. The van der Waals surface area contributed by atoms with Crippen LogP contribution in [-0.2, 0) is 20.9 Å². The molecule has 2 heterocycles. The molecule has 3 aromatic carbocycles. The van der Waals surface area contributed by atoms with E-state index in [0.29, 0.717) is 34.3 Å². The van der Waals surface area contributed by atoms with Crippen LogP contribution in [-0.4, -0.2) is 49.0 Å². The molecule has 1 aromatic heterocycles. The third-order valence-corrected chi connectivity index (χ3v) is 7.81. The number of halogens is 1. The van der Waals surface area contributed by atoms with Gasteiger partial charge in [0.25, 0.3) is 5.91 Å².